The summed E-state index contributed by atoms with van der Waals surface area (Å²) >= 11 is 0. The van der Waals surface area contributed by atoms with Crippen molar-refractivity contribution in [1.29, 1.82) is 0 Å². The first-order valence-electron chi connectivity index (χ1n) is 7.08. The molecule has 1 amide bonds. The van der Waals surface area contributed by atoms with E-state index in [1.807, 2.05) is 32.0 Å². The monoisotopic (exact) mass is 300 g/mol. The molecule has 1 aromatic carbocycles. The number of methoxy groups -OCH3 is 1. The molecule has 0 unspecified atom stereocenters. The second-order valence-electron chi connectivity index (χ2n) is 5.00. The van der Waals surface area contributed by atoms with Crippen LogP contribution in [-0.4, -0.2) is 24.6 Å². The fourth-order valence-electron chi connectivity index (χ4n) is 1.91. The normalized spacial score (nSPS) is 10.1. The number of nitrogens with one attached hydrogen (secondary N) is 1. The molecule has 0 bridgehead atoms. The van der Waals surface area contributed by atoms with Crippen LogP contribution in [0.3, 0.4) is 0 Å². The number of hydrogen-bond donors (Lipinski definition) is 1. The second kappa shape index (κ2) is 7.45. The van der Waals surface area contributed by atoms with Gasteiger partial charge in [-0.1, -0.05) is 12.1 Å². The number of benzene rings is 1. The van der Waals surface area contributed by atoms with E-state index in [2.05, 4.69) is 10.3 Å². The van der Waals surface area contributed by atoms with Gasteiger partial charge in [-0.05, 0) is 37.1 Å². The summed E-state index contributed by atoms with van der Waals surface area (Å²) in [6, 6.07) is 9.46. The van der Waals surface area contributed by atoms with Gasteiger partial charge in [-0.25, -0.2) is 4.98 Å². The van der Waals surface area contributed by atoms with Crippen molar-refractivity contribution in [2.75, 3.05) is 19.0 Å². The molecule has 5 nitrogen and oxygen atoms in total. The van der Waals surface area contributed by atoms with Crippen molar-refractivity contribution in [3.8, 4) is 11.6 Å². The molecule has 0 saturated heterocycles. The van der Waals surface area contributed by atoms with E-state index in [4.69, 9.17) is 9.47 Å². The molecule has 116 valence electrons. The minimum Gasteiger partial charge on any atom is -0.493 e. The minimum absolute atomic E-state index is 0.114. The summed E-state index contributed by atoms with van der Waals surface area (Å²) in [5.74, 6) is 1.22. The lowest BCUT2D eigenvalue weighted by atomic mass is 10.1. The van der Waals surface area contributed by atoms with Crippen LogP contribution in [0, 0.1) is 13.8 Å². The number of amides is 1. The Morgan fingerprint density at radius 2 is 2.05 bits per heavy atom. The summed E-state index contributed by atoms with van der Waals surface area (Å²) in [6.07, 6.45) is 1.84. The number of ether oxygens (including phenoxy) is 2. The minimum atomic E-state index is -0.114. The van der Waals surface area contributed by atoms with Crippen molar-refractivity contribution >= 4 is 11.6 Å². The highest BCUT2D eigenvalue weighted by atomic mass is 16.5. The maximum Gasteiger partial charge on any atom is 0.227 e. The molecule has 1 N–H and O–H groups in total. The Bertz CT molecular complexity index is 639. The third-order valence-electron chi connectivity index (χ3n) is 3.16. The van der Waals surface area contributed by atoms with Gasteiger partial charge in [0.15, 0.2) is 0 Å². The van der Waals surface area contributed by atoms with E-state index in [1.54, 1.807) is 25.4 Å². The Kier molecular flexibility index (Phi) is 5.36. The number of pyridine rings is 1. The van der Waals surface area contributed by atoms with Crippen molar-refractivity contribution in [1.82, 2.24) is 4.98 Å². The summed E-state index contributed by atoms with van der Waals surface area (Å²) in [5.41, 5.74) is 2.83. The molecule has 1 heterocycles. The molecular weight excluding hydrogens is 280 g/mol. The second-order valence-corrected chi connectivity index (χ2v) is 5.00. The van der Waals surface area contributed by atoms with E-state index in [1.165, 1.54) is 0 Å². The molecule has 0 atom stereocenters. The van der Waals surface area contributed by atoms with E-state index >= 15 is 0 Å². The van der Waals surface area contributed by atoms with Crippen LogP contribution in [-0.2, 0) is 4.79 Å². The molecule has 0 saturated carbocycles. The fraction of sp³-hybridized carbons (Fsp3) is 0.294. The summed E-state index contributed by atoms with van der Waals surface area (Å²) in [5, 5.41) is 2.77. The SMILES string of the molecule is COc1ccc(NC(=O)CCOc2cc(C)ccc2C)cn1. The maximum absolute atomic E-state index is 11.9. The van der Waals surface area contributed by atoms with Crippen molar-refractivity contribution in [2.45, 2.75) is 20.3 Å². The van der Waals surface area contributed by atoms with Crippen LogP contribution in [0.25, 0.3) is 0 Å². The van der Waals surface area contributed by atoms with Crippen LogP contribution in [0.1, 0.15) is 17.5 Å². The summed E-state index contributed by atoms with van der Waals surface area (Å²) < 4.78 is 10.6. The zero-order valence-electron chi connectivity index (χ0n) is 13.1. The third kappa shape index (κ3) is 4.48. The predicted molar refractivity (Wildman–Crippen MR) is 85.4 cm³/mol. The molecule has 0 aliphatic rings. The number of rotatable bonds is 6. The van der Waals surface area contributed by atoms with Crippen molar-refractivity contribution in [3.05, 3.63) is 47.7 Å². The number of aromatic nitrogens is 1. The first-order chi connectivity index (χ1) is 10.6. The van der Waals surface area contributed by atoms with E-state index in [-0.39, 0.29) is 12.3 Å². The van der Waals surface area contributed by atoms with E-state index in [0.717, 1.165) is 16.9 Å². The molecule has 0 fully saturated rings. The average Bonchev–Trinajstić information content (AvgIpc) is 2.51. The lowest BCUT2D eigenvalue weighted by Crippen LogP contribution is -2.15. The Morgan fingerprint density at radius 1 is 1.23 bits per heavy atom. The van der Waals surface area contributed by atoms with Gasteiger partial charge in [0.2, 0.25) is 11.8 Å². The van der Waals surface area contributed by atoms with Gasteiger partial charge in [0.1, 0.15) is 5.75 Å². The van der Waals surface area contributed by atoms with Gasteiger partial charge in [0, 0.05) is 6.07 Å². The third-order valence-corrected chi connectivity index (χ3v) is 3.16. The topological polar surface area (TPSA) is 60.5 Å². The Labute approximate surface area is 130 Å². The number of carbonyl (C=O) groups is 1. The van der Waals surface area contributed by atoms with Crippen LogP contribution < -0.4 is 14.8 Å². The Morgan fingerprint density at radius 3 is 2.73 bits per heavy atom. The first kappa shape index (κ1) is 15.8. The number of hydrogen-bond acceptors (Lipinski definition) is 4. The molecular formula is C17H20N2O3. The van der Waals surface area contributed by atoms with Crippen LogP contribution in [0.15, 0.2) is 36.5 Å². The van der Waals surface area contributed by atoms with Crippen LogP contribution in [0.5, 0.6) is 11.6 Å². The molecule has 22 heavy (non-hydrogen) atoms. The molecule has 2 aromatic rings. The summed E-state index contributed by atoms with van der Waals surface area (Å²) in [4.78, 5) is 15.9. The lowest BCUT2D eigenvalue weighted by molar-refractivity contribution is -0.116. The van der Waals surface area contributed by atoms with Gasteiger partial charge >= 0.3 is 0 Å². The van der Waals surface area contributed by atoms with E-state index < -0.39 is 0 Å². The zero-order valence-corrected chi connectivity index (χ0v) is 13.1. The van der Waals surface area contributed by atoms with Crippen molar-refractivity contribution in [2.24, 2.45) is 0 Å². The molecule has 2 rings (SSSR count). The average molecular weight is 300 g/mol. The van der Waals surface area contributed by atoms with Gasteiger partial charge in [-0.2, -0.15) is 0 Å². The standard InChI is InChI=1S/C17H20N2O3/c1-12-4-5-13(2)15(10-12)22-9-8-16(20)19-14-6-7-17(21-3)18-11-14/h4-7,10-11H,8-9H2,1-3H3,(H,19,20). The van der Waals surface area contributed by atoms with Gasteiger partial charge in [0.25, 0.3) is 0 Å². The van der Waals surface area contributed by atoms with E-state index in [9.17, 15) is 4.79 Å². The van der Waals surface area contributed by atoms with Gasteiger partial charge in [-0.3, -0.25) is 4.79 Å². The summed E-state index contributed by atoms with van der Waals surface area (Å²) in [7, 11) is 1.55. The number of aryl methyl sites for hydroxylation is 2. The highest BCUT2D eigenvalue weighted by Gasteiger charge is 2.05. The maximum atomic E-state index is 11.9. The molecule has 1 aromatic heterocycles. The molecule has 0 aliphatic heterocycles. The summed E-state index contributed by atoms with van der Waals surface area (Å²) in [6.45, 7) is 4.33. The molecule has 0 aliphatic carbocycles. The quantitative estimate of drug-likeness (QED) is 0.890. The first-order valence-corrected chi connectivity index (χ1v) is 7.08. The largest absolute Gasteiger partial charge is 0.493 e. The van der Waals surface area contributed by atoms with Crippen molar-refractivity contribution in [3.63, 3.8) is 0 Å². The van der Waals surface area contributed by atoms with E-state index in [0.29, 0.717) is 18.2 Å². The van der Waals surface area contributed by atoms with Gasteiger partial charge in [-0.15, -0.1) is 0 Å². The number of anilines is 1. The van der Waals surface area contributed by atoms with Crippen LogP contribution in [0.4, 0.5) is 5.69 Å². The van der Waals surface area contributed by atoms with Gasteiger partial charge in [0.05, 0.1) is 32.0 Å². The smallest absolute Gasteiger partial charge is 0.227 e. The van der Waals surface area contributed by atoms with Crippen LogP contribution in [0.2, 0.25) is 0 Å². The highest BCUT2D eigenvalue weighted by Crippen LogP contribution is 2.19. The molecule has 5 heteroatoms. The highest BCUT2D eigenvalue weighted by molar-refractivity contribution is 5.90. The molecule has 0 radical (unpaired) electrons. The molecule has 0 spiro atoms. The zero-order chi connectivity index (χ0) is 15.9. The Balaban J connectivity index is 1.81. The predicted octanol–water partition coefficient (Wildman–Crippen LogP) is 3.11. The Hall–Kier alpha value is -2.56. The number of nitrogens with zero attached hydrogens (tertiary/aromatic N) is 1. The van der Waals surface area contributed by atoms with Crippen molar-refractivity contribution < 1.29 is 14.3 Å². The van der Waals surface area contributed by atoms with Crippen LogP contribution >= 0.6 is 0 Å². The number of carbonyl (C=O) groups excluding carboxylic acids is 1. The lowest BCUT2D eigenvalue weighted by Gasteiger charge is -2.10. The fourth-order valence-corrected chi connectivity index (χ4v) is 1.91. The van der Waals surface area contributed by atoms with Gasteiger partial charge < -0.3 is 14.8 Å².